The molecule has 0 saturated carbocycles. The first-order valence-electron chi connectivity index (χ1n) is 7.04. The minimum absolute atomic E-state index is 0.550. The van der Waals surface area contributed by atoms with E-state index in [2.05, 4.69) is 10.4 Å². The number of aromatic nitrogens is 1. The lowest BCUT2D eigenvalue weighted by molar-refractivity contribution is 0.266. The van der Waals surface area contributed by atoms with Crippen LogP contribution in [-0.4, -0.2) is 18.2 Å². The number of nitrogen functional groups attached to an aromatic ring is 1. The molecule has 2 rings (SSSR count). The van der Waals surface area contributed by atoms with E-state index in [0.717, 1.165) is 24.2 Å². The molecule has 0 radical (unpaired) electrons. The molecule has 5 heteroatoms. The van der Waals surface area contributed by atoms with Crippen molar-refractivity contribution in [3.05, 3.63) is 48.2 Å². The second-order valence-electron chi connectivity index (χ2n) is 4.66. The summed E-state index contributed by atoms with van der Waals surface area (Å²) in [5.41, 5.74) is 3.67. The number of hydrazine groups is 1. The number of pyridine rings is 1. The Hall–Kier alpha value is -2.27. The van der Waals surface area contributed by atoms with Gasteiger partial charge in [0.2, 0.25) is 0 Å². The van der Waals surface area contributed by atoms with Gasteiger partial charge in [-0.3, -0.25) is 0 Å². The molecular formula is C16H21N3O2. The highest BCUT2D eigenvalue weighted by molar-refractivity contribution is 5.48. The molecule has 3 N–H and O–H groups in total. The number of aryl methyl sites for hydroxylation is 1. The molecule has 0 atom stereocenters. The summed E-state index contributed by atoms with van der Waals surface area (Å²) in [7, 11) is 0. The van der Waals surface area contributed by atoms with Crippen LogP contribution >= 0.6 is 0 Å². The van der Waals surface area contributed by atoms with Crippen LogP contribution in [-0.2, 0) is 0 Å². The minimum Gasteiger partial charge on any atom is -0.493 e. The van der Waals surface area contributed by atoms with E-state index in [0.29, 0.717) is 24.8 Å². The quantitative estimate of drug-likeness (QED) is 0.444. The van der Waals surface area contributed by atoms with Gasteiger partial charge in [-0.1, -0.05) is 18.2 Å². The van der Waals surface area contributed by atoms with Gasteiger partial charge in [0.1, 0.15) is 5.75 Å². The summed E-state index contributed by atoms with van der Waals surface area (Å²) in [6.45, 7) is 3.34. The first-order chi connectivity index (χ1) is 10.3. The predicted octanol–water partition coefficient (Wildman–Crippen LogP) is 2.91. The number of nitrogens with one attached hydrogen (secondary N) is 1. The monoisotopic (exact) mass is 287 g/mol. The Kier molecular flexibility index (Phi) is 5.84. The third kappa shape index (κ3) is 4.65. The van der Waals surface area contributed by atoms with Crippen molar-refractivity contribution in [3.63, 3.8) is 0 Å². The van der Waals surface area contributed by atoms with E-state index in [1.165, 1.54) is 0 Å². The van der Waals surface area contributed by atoms with Gasteiger partial charge in [-0.25, -0.2) is 10.8 Å². The maximum atomic E-state index is 5.73. The lowest BCUT2D eigenvalue weighted by atomic mass is 10.2. The molecule has 0 fully saturated rings. The van der Waals surface area contributed by atoms with Crippen LogP contribution in [0.4, 0.5) is 5.82 Å². The fourth-order valence-electron chi connectivity index (χ4n) is 1.90. The molecule has 5 nitrogen and oxygen atoms in total. The van der Waals surface area contributed by atoms with Crippen molar-refractivity contribution >= 4 is 5.82 Å². The number of nitrogens with two attached hydrogens (primary N) is 1. The van der Waals surface area contributed by atoms with E-state index in [-0.39, 0.29) is 0 Å². The second kappa shape index (κ2) is 8.11. The normalized spacial score (nSPS) is 10.2. The van der Waals surface area contributed by atoms with Crippen LogP contribution in [0, 0.1) is 6.92 Å². The fourth-order valence-corrected chi connectivity index (χ4v) is 1.90. The average molecular weight is 287 g/mol. The van der Waals surface area contributed by atoms with E-state index in [1.54, 1.807) is 6.20 Å². The third-order valence-electron chi connectivity index (χ3n) is 3.05. The van der Waals surface area contributed by atoms with Gasteiger partial charge in [0.25, 0.3) is 0 Å². The zero-order valence-corrected chi connectivity index (χ0v) is 12.2. The number of nitrogens with zero attached hydrogens (tertiary/aromatic N) is 1. The molecule has 0 amide bonds. The van der Waals surface area contributed by atoms with Crippen LogP contribution in [0.5, 0.6) is 11.5 Å². The van der Waals surface area contributed by atoms with Gasteiger partial charge < -0.3 is 14.9 Å². The molecule has 112 valence electrons. The van der Waals surface area contributed by atoms with Crippen LogP contribution in [0.2, 0.25) is 0 Å². The Morgan fingerprint density at radius 3 is 2.38 bits per heavy atom. The zero-order chi connectivity index (χ0) is 14.9. The minimum atomic E-state index is 0.550. The second-order valence-corrected chi connectivity index (χ2v) is 4.66. The van der Waals surface area contributed by atoms with E-state index in [9.17, 15) is 0 Å². The van der Waals surface area contributed by atoms with Crippen molar-refractivity contribution in [2.45, 2.75) is 19.8 Å². The Balaban J connectivity index is 1.65. The fraction of sp³-hybridized carbons (Fsp3) is 0.312. The van der Waals surface area contributed by atoms with Gasteiger partial charge in [0.05, 0.1) is 13.2 Å². The van der Waals surface area contributed by atoms with Gasteiger partial charge in [-0.15, -0.1) is 0 Å². The molecule has 21 heavy (non-hydrogen) atoms. The summed E-state index contributed by atoms with van der Waals surface area (Å²) in [5, 5.41) is 0. The summed E-state index contributed by atoms with van der Waals surface area (Å²) >= 11 is 0. The summed E-state index contributed by atoms with van der Waals surface area (Å²) in [6, 6.07) is 11.7. The molecule has 0 spiro atoms. The summed E-state index contributed by atoms with van der Waals surface area (Å²) < 4.78 is 11.4. The first kappa shape index (κ1) is 15.1. The van der Waals surface area contributed by atoms with E-state index in [1.807, 2.05) is 43.3 Å². The van der Waals surface area contributed by atoms with Crippen molar-refractivity contribution in [2.75, 3.05) is 18.6 Å². The SMILES string of the molecule is Cc1ccccc1OCCCCOc1cccnc1NN. The summed E-state index contributed by atoms with van der Waals surface area (Å²) in [5.74, 6) is 7.53. The molecule has 0 aliphatic heterocycles. The van der Waals surface area contributed by atoms with Gasteiger partial charge >= 0.3 is 0 Å². The number of hydrogen-bond donors (Lipinski definition) is 2. The van der Waals surface area contributed by atoms with Crippen LogP contribution in [0.1, 0.15) is 18.4 Å². The van der Waals surface area contributed by atoms with Crippen molar-refractivity contribution in [2.24, 2.45) is 5.84 Å². The van der Waals surface area contributed by atoms with E-state index in [4.69, 9.17) is 15.3 Å². The van der Waals surface area contributed by atoms with Crippen LogP contribution in [0.3, 0.4) is 0 Å². The topological polar surface area (TPSA) is 69.4 Å². The molecule has 1 aromatic carbocycles. The van der Waals surface area contributed by atoms with Gasteiger partial charge in [-0.2, -0.15) is 0 Å². The summed E-state index contributed by atoms with van der Waals surface area (Å²) in [4.78, 5) is 4.08. The number of benzene rings is 1. The Morgan fingerprint density at radius 2 is 1.67 bits per heavy atom. The molecule has 1 heterocycles. The molecule has 0 aliphatic carbocycles. The molecular weight excluding hydrogens is 266 g/mol. The Bertz CT molecular complexity index is 561. The lowest BCUT2D eigenvalue weighted by Gasteiger charge is -2.10. The Morgan fingerprint density at radius 1 is 1.00 bits per heavy atom. The summed E-state index contributed by atoms with van der Waals surface area (Å²) in [6.07, 6.45) is 3.50. The van der Waals surface area contributed by atoms with Crippen molar-refractivity contribution in [1.82, 2.24) is 4.98 Å². The molecule has 1 aromatic heterocycles. The maximum Gasteiger partial charge on any atom is 0.182 e. The standard InChI is InChI=1S/C16H21N3O2/c1-13-7-2-3-8-14(13)20-11-4-5-12-21-15-9-6-10-18-16(15)19-17/h2-3,6-10H,4-5,11-12,17H2,1H3,(H,18,19). The Labute approximate surface area is 125 Å². The molecule has 0 unspecified atom stereocenters. The smallest absolute Gasteiger partial charge is 0.182 e. The van der Waals surface area contributed by atoms with Crippen LogP contribution < -0.4 is 20.7 Å². The molecule has 0 bridgehead atoms. The van der Waals surface area contributed by atoms with Crippen LogP contribution in [0.15, 0.2) is 42.6 Å². The van der Waals surface area contributed by atoms with Crippen molar-refractivity contribution in [3.8, 4) is 11.5 Å². The highest BCUT2D eigenvalue weighted by Crippen LogP contribution is 2.20. The number of para-hydroxylation sites is 1. The van der Waals surface area contributed by atoms with E-state index >= 15 is 0 Å². The van der Waals surface area contributed by atoms with Gasteiger partial charge in [0, 0.05) is 6.20 Å². The highest BCUT2D eigenvalue weighted by atomic mass is 16.5. The van der Waals surface area contributed by atoms with Crippen LogP contribution in [0.25, 0.3) is 0 Å². The van der Waals surface area contributed by atoms with Crippen molar-refractivity contribution in [1.29, 1.82) is 0 Å². The highest BCUT2D eigenvalue weighted by Gasteiger charge is 2.02. The predicted molar refractivity (Wildman–Crippen MR) is 83.5 cm³/mol. The average Bonchev–Trinajstić information content (AvgIpc) is 2.52. The molecule has 0 saturated heterocycles. The lowest BCUT2D eigenvalue weighted by Crippen LogP contribution is -2.11. The number of ether oxygens (including phenoxy) is 2. The van der Waals surface area contributed by atoms with Crippen molar-refractivity contribution < 1.29 is 9.47 Å². The number of hydrogen-bond acceptors (Lipinski definition) is 5. The number of rotatable bonds is 8. The van der Waals surface area contributed by atoms with Gasteiger partial charge in [0.15, 0.2) is 11.6 Å². The van der Waals surface area contributed by atoms with E-state index < -0.39 is 0 Å². The molecule has 0 aliphatic rings. The first-order valence-corrected chi connectivity index (χ1v) is 7.04. The largest absolute Gasteiger partial charge is 0.493 e. The number of anilines is 1. The third-order valence-corrected chi connectivity index (χ3v) is 3.05. The number of unbranched alkanes of at least 4 members (excludes halogenated alkanes) is 1. The maximum absolute atomic E-state index is 5.73. The van der Waals surface area contributed by atoms with Gasteiger partial charge in [-0.05, 0) is 43.5 Å². The zero-order valence-electron chi connectivity index (χ0n) is 12.2. The molecule has 2 aromatic rings.